The average molecular weight is 249 g/mol. The molecule has 0 saturated carbocycles. The molecule has 5 heteroatoms. The van der Waals surface area contributed by atoms with E-state index in [9.17, 15) is 4.79 Å². The summed E-state index contributed by atoms with van der Waals surface area (Å²) >= 11 is 0. The van der Waals surface area contributed by atoms with Crippen LogP contribution in [-0.4, -0.2) is 45.3 Å². The second-order valence-electron chi connectivity index (χ2n) is 4.41. The quantitative estimate of drug-likeness (QED) is 0.800. The van der Waals surface area contributed by atoms with Crippen LogP contribution in [0, 0.1) is 0 Å². The average Bonchev–Trinajstić information content (AvgIpc) is 2.39. The molecular weight excluding hydrogens is 230 g/mol. The van der Waals surface area contributed by atoms with Gasteiger partial charge < -0.3 is 20.7 Å². The second-order valence-corrected chi connectivity index (χ2v) is 4.41. The van der Waals surface area contributed by atoms with Gasteiger partial charge in [-0.15, -0.1) is 0 Å². The van der Waals surface area contributed by atoms with E-state index in [0.29, 0.717) is 5.56 Å². The number of nitrogens with zero attached hydrogens (tertiary/aromatic N) is 1. The van der Waals surface area contributed by atoms with Gasteiger partial charge in [0, 0.05) is 30.9 Å². The van der Waals surface area contributed by atoms with E-state index in [1.807, 2.05) is 19.2 Å². The van der Waals surface area contributed by atoms with Gasteiger partial charge in [0.25, 0.3) is 0 Å². The number of hydrogen-bond acceptors (Lipinski definition) is 4. The first-order valence-electron chi connectivity index (χ1n) is 6.11. The summed E-state index contributed by atoms with van der Waals surface area (Å²) in [5.41, 5.74) is 6.86. The maximum Gasteiger partial charge on any atom is 0.248 e. The van der Waals surface area contributed by atoms with Crippen LogP contribution in [0.2, 0.25) is 0 Å². The number of carbonyl (C=O) groups excluding carboxylic acids is 1. The predicted molar refractivity (Wildman–Crippen MR) is 70.8 cm³/mol. The van der Waals surface area contributed by atoms with Gasteiger partial charge in [-0.3, -0.25) is 4.79 Å². The fourth-order valence-corrected chi connectivity index (χ4v) is 2.14. The Morgan fingerprint density at radius 3 is 2.83 bits per heavy atom. The first-order valence-corrected chi connectivity index (χ1v) is 6.11. The summed E-state index contributed by atoms with van der Waals surface area (Å²) in [6.07, 6.45) is 0.208. The van der Waals surface area contributed by atoms with Gasteiger partial charge in [0.05, 0.1) is 12.7 Å². The fraction of sp³-hybridized carbons (Fsp3) is 0.462. The summed E-state index contributed by atoms with van der Waals surface area (Å²) in [6, 6.07) is 7.39. The van der Waals surface area contributed by atoms with Crippen molar-refractivity contribution in [3.05, 3.63) is 29.8 Å². The number of primary amides is 1. The molecule has 0 aliphatic carbocycles. The van der Waals surface area contributed by atoms with Crippen molar-refractivity contribution in [2.45, 2.75) is 6.10 Å². The highest BCUT2D eigenvalue weighted by Gasteiger charge is 2.20. The van der Waals surface area contributed by atoms with Crippen molar-refractivity contribution < 1.29 is 9.53 Å². The smallest absolute Gasteiger partial charge is 0.248 e. The number of carbonyl (C=O) groups is 1. The maximum atomic E-state index is 11.0. The molecule has 98 valence electrons. The third kappa shape index (κ3) is 3.00. The number of likely N-dealkylation sites (N-methyl/N-ethyl adjacent to an activating group) is 1. The SMILES string of the molecule is CNCC1CN(c2ccc(C(N)=O)cc2)CCO1. The zero-order valence-corrected chi connectivity index (χ0v) is 10.6. The van der Waals surface area contributed by atoms with Crippen LogP contribution in [0.3, 0.4) is 0 Å². The van der Waals surface area contributed by atoms with Gasteiger partial charge in [-0.1, -0.05) is 0 Å². The summed E-state index contributed by atoms with van der Waals surface area (Å²) < 4.78 is 5.65. The van der Waals surface area contributed by atoms with Gasteiger partial charge in [-0.25, -0.2) is 0 Å². The minimum Gasteiger partial charge on any atom is -0.373 e. The zero-order valence-electron chi connectivity index (χ0n) is 10.6. The predicted octanol–water partition coefficient (Wildman–Crippen LogP) is 0.210. The molecule has 3 N–H and O–H groups in total. The molecule has 1 heterocycles. The molecule has 18 heavy (non-hydrogen) atoms. The Bertz CT molecular complexity index is 403. The maximum absolute atomic E-state index is 11.0. The molecule has 0 spiro atoms. The van der Waals surface area contributed by atoms with Crippen molar-refractivity contribution in [3.63, 3.8) is 0 Å². The van der Waals surface area contributed by atoms with Crippen molar-refractivity contribution in [2.24, 2.45) is 5.73 Å². The second kappa shape index (κ2) is 5.84. The Kier molecular flexibility index (Phi) is 4.17. The number of nitrogens with two attached hydrogens (primary N) is 1. The third-order valence-electron chi connectivity index (χ3n) is 3.09. The van der Waals surface area contributed by atoms with Crippen LogP contribution in [-0.2, 0) is 4.74 Å². The van der Waals surface area contributed by atoms with Gasteiger partial charge >= 0.3 is 0 Å². The lowest BCUT2D eigenvalue weighted by Crippen LogP contribution is -2.46. The molecule has 1 saturated heterocycles. The van der Waals surface area contributed by atoms with Crippen molar-refractivity contribution in [2.75, 3.05) is 38.2 Å². The largest absolute Gasteiger partial charge is 0.373 e. The number of morpholine rings is 1. The topological polar surface area (TPSA) is 67.6 Å². The van der Waals surface area contributed by atoms with Crippen molar-refractivity contribution in [3.8, 4) is 0 Å². The Labute approximate surface area is 107 Å². The summed E-state index contributed by atoms with van der Waals surface area (Å²) in [5.74, 6) is -0.392. The Morgan fingerprint density at radius 1 is 1.50 bits per heavy atom. The molecule has 0 bridgehead atoms. The monoisotopic (exact) mass is 249 g/mol. The lowest BCUT2D eigenvalue weighted by molar-refractivity contribution is 0.0422. The normalized spacial score (nSPS) is 19.8. The number of hydrogen-bond donors (Lipinski definition) is 2. The van der Waals surface area contributed by atoms with E-state index in [4.69, 9.17) is 10.5 Å². The molecule has 0 aromatic heterocycles. The molecule has 1 aromatic rings. The number of anilines is 1. The van der Waals surface area contributed by atoms with E-state index < -0.39 is 5.91 Å². The molecular formula is C13H19N3O2. The molecule has 2 rings (SSSR count). The molecule has 1 aliphatic heterocycles. The van der Waals surface area contributed by atoms with Gasteiger partial charge in [0.15, 0.2) is 0 Å². The minimum atomic E-state index is -0.392. The van der Waals surface area contributed by atoms with Gasteiger partial charge in [0.1, 0.15) is 0 Å². The first kappa shape index (κ1) is 12.9. The summed E-state index contributed by atoms with van der Waals surface area (Å²) in [5, 5.41) is 3.12. The first-order chi connectivity index (χ1) is 8.70. The van der Waals surface area contributed by atoms with Crippen LogP contribution in [0.15, 0.2) is 24.3 Å². The molecule has 1 aliphatic rings. The van der Waals surface area contributed by atoms with Crippen LogP contribution in [0.1, 0.15) is 10.4 Å². The molecule has 1 atom stereocenters. The van der Waals surface area contributed by atoms with Gasteiger partial charge in [0.2, 0.25) is 5.91 Å². The molecule has 1 aromatic carbocycles. The Morgan fingerprint density at radius 2 is 2.22 bits per heavy atom. The number of amides is 1. The van der Waals surface area contributed by atoms with Crippen LogP contribution in [0.4, 0.5) is 5.69 Å². The molecule has 1 unspecified atom stereocenters. The van der Waals surface area contributed by atoms with E-state index in [1.54, 1.807) is 12.1 Å². The molecule has 5 nitrogen and oxygen atoms in total. The molecule has 0 radical (unpaired) electrons. The van der Waals surface area contributed by atoms with E-state index in [-0.39, 0.29) is 6.10 Å². The highest BCUT2D eigenvalue weighted by atomic mass is 16.5. The number of rotatable bonds is 4. The zero-order chi connectivity index (χ0) is 13.0. The number of ether oxygens (including phenoxy) is 1. The highest BCUT2D eigenvalue weighted by Crippen LogP contribution is 2.18. The van der Waals surface area contributed by atoms with Gasteiger partial charge in [-0.2, -0.15) is 0 Å². The highest BCUT2D eigenvalue weighted by molar-refractivity contribution is 5.93. The summed E-state index contributed by atoms with van der Waals surface area (Å²) in [4.78, 5) is 13.3. The Balaban J connectivity index is 2.04. The van der Waals surface area contributed by atoms with Crippen LogP contribution < -0.4 is 16.0 Å². The summed E-state index contributed by atoms with van der Waals surface area (Å²) in [6.45, 7) is 3.30. The van der Waals surface area contributed by atoms with E-state index >= 15 is 0 Å². The number of nitrogens with one attached hydrogen (secondary N) is 1. The van der Waals surface area contributed by atoms with Crippen molar-refractivity contribution in [1.82, 2.24) is 5.32 Å². The van der Waals surface area contributed by atoms with E-state index in [0.717, 1.165) is 31.9 Å². The lowest BCUT2D eigenvalue weighted by atomic mass is 10.1. The molecule has 1 fully saturated rings. The van der Waals surface area contributed by atoms with E-state index in [1.165, 1.54) is 0 Å². The standard InChI is InChI=1S/C13H19N3O2/c1-15-8-12-9-16(6-7-18-12)11-4-2-10(3-5-11)13(14)17/h2-5,12,15H,6-9H2,1H3,(H2,14,17). The van der Waals surface area contributed by atoms with E-state index in [2.05, 4.69) is 10.2 Å². The fourth-order valence-electron chi connectivity index (χ4n) is 2.14. The lowest BCUT2D eigenvalue weighted by Gasteiger charge is -2.34. The van der Waals surface area contributed by atoms with Crippen LogP contribution in [0.5, 0.6) is 0 Å². The van der Waals surface area contributed by atoms with Crippen molar-refractivity contribution in [1.29, 1.82) is 0 Å². The van der Waals surface area contributed by atoms with Gasteiger partial charge in [-0.05, 0) is 31.3 Å². The third-order valence-corrected chi connectivity index (χ3v) is 3.09. The molecule has 1 amide bonds. The van der Waals surface area contributed by atoms with Crippen LogP contribution in [0.25, 0.3) is 0 Å². The van der Waals surface area contributed by atoms with Crippen LogP contribution >= 0.6 is 0 Å². The number of benzene rings is 1. The minimum absolute atomic E-state index is 0.208. The van der Waals surface area contributed by atoms with Crippen molar-refractivity contribution >= 4 is 11.6 Å². The summed E-state index contributed by atoms with van der Waals surface area (Å²) in [7, 11) is 1.92. The Hall–Kier alpha value is -1.59.